The zero-order chi connectivity index (χ0) is 18.6. The van der Waals surface area contributed by atoms with E-state index in [1.165, 1.54) is 0 Å². The van der Waals surface area contributed by atoms with Crippen molar-refractivity contribution in [3.63, 3.8) is 0 Å². The zero-order valence-electron chi connectivity index (χ0n) is 15.3. The molecule has 2 aromatic carbocycles. The van der Waals surface area contributed by atoms with Gasteiger partial charge in [0.1, 0.15) is 11.6 Å². The van der Waals surface area contributed by atoms with Crippen LogP contribution >= 0.6 is 12.2 Å². The maximum atomic E-state index is 5.50. The second-order valence-corrected chi connectivity index (χ2v) is 6.94. The van der Waals surface area contributed by atoms with Crippen molar-refractivity contribution in [1.82, 2.24) is 19.7 Å². The second-order valence-electron chi connectivity index (χ2n) is 6.55. The maximum absolute atomic E-state index is 5.50. The Labute approximate surface area is 164 Å². The average molecular weight is 382 g/mol. The van der Waals surface area contributed by atoms with E-state index in [4.69, 9.17) is 17.0 Å². The highest BCUT2D eigenvalue weighted by Crippen LogP contribution is 2.28. The molecule has 1 fully saturated rings. The zero-order valence-corrected chi connectivity index (χ0v) is 16.2. The molecule has 0 spiro atoms. The summed E-state index contributed by atoms with van der Waals surface area (Å²) in [7, 11) is 1.72. The molecule has 0 amide bonds. The summed E-state index contributed by atoms with van der Waals surface area (Å²) in [6.07, 6.45) is 0. The van der Waals surface area contributed by atoms with E-state index in [2.05, 4.69) is 44.3 Å². The fourth-order valence-corrected chi connectivity index (χ4v) is 3.77. The van der Waals surface area contributed by atoms with Gasteiger partial charge in [-0.2, -0.15) is 5.10 Å². The molecule has 2 heterocycles. The highest BCUT2D eigenvalue weighted by Gasteiger charge is 2.21. The van der Waals surface area contributed by atoms with Crippen molar-refractivity contribution in [2.75, 3.05) is 38.2 Å². The minimum atomic E-state index is 0.629. The van der Waals surface area contributed by atoms with Crippen molar-refractivity contribution in [3.8, 4) is 11.4 Å². The number of hydrogen-bond donors (Lipinski definition) is 1. The van der Waals surface area contributed by atoms with Crippen molar-refractivity contribution in [3.05, 3.63) is 65.2 Å². The summed E-state index contributed by atoms with van der Waals surface area (Å²) in [4.78, 5) is 4.79. The summed E-state index contributed by atoms with van der Waals surface area (Å²) in [6.45, 7) is 4.61. The third kappa shape index (κ3) is 3.74. The van der Waals surface area contributed by atoms with Gasteiger partial charge in [0.2, 0.25) is 0 Å². The quantitative estimate of drug-likeness (QED) is 0.688. The standard InChI is InChI=1S/C20H23N5OS/c1-26-18-10-6-5-9-17(18)24-13-11-23(12-14-24)15-19-21-22-20(27)25(19)16-7-3-2-4-8-16/h2-10H,11-15H2,1H3,(H,22,27). The van der Waals surface area contributed by atoms with E-state index >= 15 is 0 Å². The highest BCUT2D eigenvalue weighted by atomic mass is 32.1. The number of benzene rings is 2. The molecule has 3 aromatic rings. The molecule has 6 nitrogen and oxygen atoms in total. The summed E-state index contributed by atoms with van der Waals surface area (Å²) in [6, 6.07) is 18.3. The van der Waals surface area contributed by atoms with Gasteiger partial charge in [-0.3, -0.25) is 14.6 Å². The van der Waals surface area contributed by atoms with Crippen LogP contribution < -0.4 is 9.64 Å². The van der Waals surface area contributed by atoms with Crippen molar-refractivity contribution in [2.45, 2.75) is 6.54 Å². The summed E-state index contributed by atoms with van der Waals surface area (Å²) >= 11 is 5.44. The lowest BCUT2D eigenvalue weighted by molar-refractivity contribution is 0.242. The van der Waals surface area contributed by atoms with Gasteiger partial charge in [0.15, 0.2) is 4.77 Å². The predicted molar refractivity (Wildman–Crippen MR) is 109 cm³/mol. The summed E-state index contributed by atoms with van der Waals surface area (Å²) < 4.78 is 8.15. The average Bonchev–Trinajstić information content (AvgIpc) is 3.09. The lowest BCUT2D eigenvalue weighted by Crippen LogP contribution is -2.46. The van der Waals surface area contributed by atoms with Crippen LogP contribution in [0.4, 0.5) is 5.69 Å². The predicted octanol–water partition coefficient (Wildman–Crippen LogP) is 3.26. The van der Waals surface area contributed by atoms with Gasteiger partial charge in [-0.05, 0) is 36.5 Å². The molecule has 0 bridgehead atoms. The molecule has 0 atom stereocenters. The van der Waals surface area contributed by atoms with Crippen LogP contribution in [0, 0.1) is 4.77 Å². The molecule has 1 aromatic heterocycles. The number of nitrogens with one attached hydrogen (secondary N) is 1. The van der Waals surface area contributed by atoms with Gasteiger partial charge in [-0.25, -0.2) is 0 Å². The van der Waals surface area contributed by atoms with E-state index in [0.717, 1.165) is 55.7 Å². The molecular weight excluding hydrogens is 358 g/mol. The van der Waals surface area contributed by atoms with Gasteiger partial charge in [0.25, 0.3) is 0 Å². The molecule has 1 saturated heterocycles. The Morgan fingerprint density at radius 1 is 1.00 bits per heavy atom. The lowest BCUT2D eigenvalue weighted by Gasteiger charge is -2.36. The first-order chi connectivity index (χ1) is 13.3. The number of aromatic amines is 1. The van der Waals surface area contributed by atoms with Gasteiger partial charge in [0.05, 0.1) is 19.3 Å². The number of hydrogen-bond acceptors (Lipinski definition) is 5. The number of ether oxygens (including phenoxy) is 1. The number of piperazine rings is 1. The first-order valence-electron chi connectivity index (χ1n) is 9.08. The van der Waals surface area contributed by atoms with Gasteiger partial charge in [-0.1, -0.05) is 30.3 Å². The molecule has 0 radical (unpaired) electrons. The smallest absolute Gasteiger partial charge is 0.199 e. The Balaban J connectivity index is 1.46. The summed E-state index contributed by atoms with van der Waals surface area (Å²) in [5.41, 5.74) is 2.20. The van der Waals surface area contributed by atoms with Gasteiger partial charge < -0.3 is 9.64 Å². The Morgan fingerprint density at radius 2 is 1.70 bits per heavy atom. The van der Waals surface area contributed by atoms with Crippen LogP contribution in [0.25, 0.3) is 5.69 Å². The van der Waals surface area contributed by atoms with E-state index in [1.807, 2.05) is 34.9 Å². The molecule has 0 aliphatic carbocycles. The fraction of sp³-hybridized carbons (Fsp3) is 0.300. The van der Waals surface area contributed by atoms with E-state index < -0.39 is 0 Å². The number of rotatable bonds is 5. The van der Waals surface area contributed by atoms with Crippen LogP contribution in [0.3, 0.4) is 0 Å². The normalized spacial score (nSPS) is 15.1. The van der Waals surface area contributed by atoms with E-state index in [1.54, 1.807) is 7.11 Å². The molecule has 140 valence electrons. The first-order valence-corrected chi connectivity index (χ1v) is 9.49. The molecule has 1 aliphatic heterocycles. The van der Waals surface area contributed by atoms with E-state index in [0.29, 0.717) is 4.77 Å². The Morgan fingerprint density at radius 3 is 2.44 bits per heavy atom. The van der Waals surface area contributed by atoms with Gasteiger partial charge in [-0.15, -0.1) is 0 Å². The highest BCUT2D eigenvalue weighted by molar-refractivity contribution is 7.71. The Hall–Kier alpha value is -2.64. The molecule has 7 heteroatoms. The van der Waals surface area contributed by atoms with Crippen molar-refractivity contribution >= 4 is 17.9 Å². The number of para-hydroxylation sites is 3. The third-order valence-electron chi connectivity index (χ3n) is 4.92. The van der Waals surface area contributed by atoms with Crippen LogP contribution in [-0.4, -0.2) is 53.0 Å². The number of anilines is 1. The summed E-state index contributed by atoms with van der Waals surface area (Å²) in [5.74, 6) is 1.87. The van der Waals surface area contributed by atoms with Crippen LogP contribution in [0.15, 0.2) is 54.6 Å². The number of aromatic nitrogens is 3. The van der Waals surface area contributed by atoms with E-state index in [9.17, 15) is 0 Å². The van der Waals surface area contributed by atoms with Crippen molar-refractivity contribution in [1.29, 1.82) is 0 Å². The molecule has 27 heavy (non-hydrogen) atoms. The van der Waals surface area contributed by atoms with Crippen LogP contribution in [-0.2, 0) is 6.54 Å². The van der Waals surface area contributed by atoms with Crippen LogP contribution in [0.5, 0.6) is 5.75 Å². The second kappa shape index (κ2) is 7.94. The van der Waals surface area contributed by atoms with Crippen molar-refractivity contribution < 1.29 is 4.74 Å². The number of nitrogens with zero attached hydrogens (tertiary/aromatic N) is 4. The maximum Gasteiger partial charge on any atom is 0.199 e. The van der Waals surface area contributed by atoms with Crippen molar-refractivity contribution in [2.24, 2.45) is 0 Å². The molecular formula is C20H23N5OS. The number of methoxy groups -OCH3 is 1. The molecule has 1 N–H and O–H groups in total. The minimum Gasteiger partial charge on any atom is -0.495 e. The Bertz CT molecular complexity index is 944. The monoisotopic (exact) mass is 381 g/mol. The van der Waals surface area contributed by atoms with Gasteiger partial charge >= 0.3 is 0 Å². The lowest BCUT2D eigenvalue weighted by atomic mass is 10.2. The minimum absolute atomic E-state index is 0.629. The van der Waals surface area contributed by atoms with Crippen LogP contribution in [0.1, 0.15) is 5.82 Å². The Kier molecular flexibility index (Phi) is 5.22. The first kappa shape index (κ1) is 17.8. The SMILES string of the molecule is COc1ccccc1N1CCN(Cc2n[nH]c(=S)n2-c2ccccc2)CC1. The fourth-order valence-electron chi connectivity index (χ4n) is 3.52. The largest absolute Gasteiger partial charge is 0.495 e. The van der Waals surface area contributed by atoms with Crippen LogP contribution in [0.2, 0.25) is 0 Å². The third-order valence-corrected chi connectivity index (χ3v) is 5.19. The molecule has 4 rings (SSSR count). The molecule has 0 saturated carbocycles. The number of H-pyrrole nitrogens is 1. The summed E-state index contributed by atoms with van der Waals surface area (Å²) in [5, 5.41) is 7.40. The molecule has 0 unspecified atom stereocenters. The molecule has 1 aliphatic rings. The topological polar surface area (TPSA) is 49.3 Å². The van der Waals surface area contributed by atoms with Gasteiger partial charge in [0, 0.05) is 31.9 Å². The van der Waals surface area contributed by atoms with E-state index in [-0.39, 0.29) is 0 Å².